The quantitative estimate of drug-likeness (QED) is 0.721. The van der Waals surface area contributed by atoms with E-state index >= 15 is 0 Å². The fourth-order valence-electron chi connectivity index (χ4n) is 2.25. The number of hydrogen-bond acceptors (Lipinski definition) is 4. The maximum atomic E-state index is 12.4. The summed E-state index contributed by atoms with van der Waals surface area (Å²) in [5, 5.41) is 0.0929. The van der Waals surface area contributed by atoms with Crippen LogP contribution in [0.3, 0.4) is 0 Å². The van der Waals surface area contributed by atoms with E-state index in [1.165, 1.54) is 4.90 Å². The monoisotopic (exact) mass is 343 g/mol. The summed E-state index contributed by atoms with van der Waals surface area (Å²) in [5.41, 5.74) is -0.617. The van der Waals surface area contributed by atoms with Crippen LogP contribution >= 0.6 is 0 Å². The second-order valence-corrected chi connectivity index (χ2v) is 13.9. The molecule has 23 heavy (non-hydrogen) atoms. The van der Waals surface area contributed by atoms with Gasteiger partial charge < -0.3 is 9.16 Å². The van der Waals surface area contributed by atoms with E-state index in [-0.39, 0.29) is 22.9 Å². The number of ether oxygens (including phenoxy) is 1. The molecule has 1 aliphatic heterocycles. The molecule has 1 fully saturated rings. The number of rotatable bonds is 3. The standard InChI is InChI=1S/C17H33NO4Si/c1-12-10-14(19)18(15(20)22-16(2,3)4)13(12)11-21-23(8,9)17(5,6)7/h12-13H,10-11H2,1-9H3. The fourth-order valence-corrected chi connectivity index (χ4v) is 3.27. The van der Waals surface area contributed by atoms with Crippen LogP contribution in [-0.2, 0) is 14.0 Å². The lowest BCUT2D eigenvalue weighted by molar-refractivity contribution is -0.128. The number of likely N-dealkylation sites (tertiary alicyclic amines) is 1. The Labute approximate surface area is 141 Å². The summed E-state index contributed by atoms with van der Waals surface area (Å²) in [6.07, 6.45) is -0.194. The molecule has 1 aliphatic rings. The Morgan fingerprint density at radius 1 is 1.22 bits per heavy atom. The lowest BCUT2D eigenvalue weighted by Gasteiger charge is -2.38. The average Bonchev–Trinajstić information content (AvgIpc) is 2.57. The molecule has 0 aromatic rings. The molecule has 2 atom stereocenters. The van der Waals surface area contributed by atoms with Crippen LogP contribution in [0, 0.1) is 5.92 Å². The van der Waals surface area contributed by atoms with Gasteiger partial charge in [0.25, 0.3) is 0 Å². The van der Waals surface area contributed by atoms with Crippen molar-refractivity contribution in [3.05, 3.63) is 0 Å². The minimum absolute atomic E-state index is 0.0831. The zero-order chi connectivity index (χ0) is 18.2. The number of carbonyl (C=O) groups is 2. The lowest BCUT2D eigenvalue weighted by Crippen LogP contribution is -2.49. The Bertz CT molecular complexity index is 462. The smallest absolute Gasteiger partial charge is 0.417 e. The van der Waals surface area contributed by atoms with Crippen LogP contribution in [0.5, 0.6) is 0 Å². The molecule has 1 saturated heterocycles. The molecule has 0 aromatic carbocycles. The van der Waals surface area contributed by atoms with Crippen LogP contribution in [-0.4, -0.2) is 43.5 Å². The first-order valence-electron chi connectivity index (χ1n) is 8.35. The van der Waals surface area contributed by atoms with Gasteiger partial charge in [0.05, 0.1) is 12.6 Å². The van der Waals surface area contributed by atoms with Gasteiger partial charge in [0.15, 0.2) is 8.32 Å². The topological polar surface area (TPSA) is 55.8 Å². The van der Waals surface area contributed by atoms with Crippen molar-refractivity contribution in [2.75, 3.05) is 6.61 Å². The van der Waals surface area contributed by atoms with Gasteiger partial charge in [-0.05, 0) is 44.8 Å². The maximum Gasteiger partial charge on any atom is 0.417 e. The summed E-state index contributed by atoms with van der Waals surface area (Å²) in [6.45, 7) is 18.7. The second kappa shape index (κ2) is 6.55. The largest absolute Gasteiger partial charge is 0.443 e. The molecule has 0 spiro atoms. The zero-order valence-electron chi connectivity index (χ0n) is 16.1. The van der Waals surface area contributed by atoms with Crippen molar-refractivity contribution >= 4 is 20.3 Å². The summed E-state index contributed by atoms with van der Waals surface area (Å²) < 4.78 is 11.6. The highest BCUT2D eigenvalue weighted by molar-refractivity contribution is 6.74. The van der Waals surface area contributed by atoms with Gasteiger partial charge >= 0.3 is 6.09 Å². The first-order valence-corrected chi connectivity index (χ1v) is 11.3. The highest BCUT2D eigenvalue weighted by Gasteiger charge is 2.45. The summed E-state index contributed by atoms with van der Waals surface area (Å²) in [4.78, 5) is 25.9. The first-order chi connectivity index (χ1) is 10.2. The number of hydrogen-bond donors (Lipinski definition) is 0. The Morgan fingerprint density at radius 2 is 1.74 bits per heavy atom. The van der Waals surface area contributed by atoms with Gasteiger partial charge in [0, 0.05) is 6.42 Å². The number of amides is 2. The van der Waals surface area contributed by atoms with E-state index in [0.29, 0.717) is 13.0 Å². The molecule has 0 radical (unpaired) electrons. The molecular weight excluding hydrogens is 310 g/mol. The lowest BCUT2D eigenvalue weighted by atomic mass is 10.0. The van der Waals surface area contributed by atoms with Crippen LogP contribution in [0.1, 0.15) is 54.9 Å². The first kappa shape index (κ1) is 20.2. The summed E-state index contributed by atoms with van der Waals surface area (Å²) in [6, 6.07) is -0.244. The predicted octanol–water partition coefficient (Wildman–Crippen LogP) is 4.18. The SMILES string of the molecule is CC1CC(=O)N(C(=O)OC(C)(C)C)C1CO[Si](C)(C)C(C)(C)C. The van der Waals surface area contributed by atoms with E-state index < -0.39 is 20.0 Å². The van der Waals surface area contributed by atoms with Crippen LogP contribution in [0.2, 0.25) is 18.1 Å². The van der Waals surface area contributed by atoms with Gasteiger partial charge in [-0.25, -0.2) is 9.69 Å². The van der Waals surface area contributed by atoms with Gasteiger partial charge in [-0.15, -0.1) is 0 Å². The van der Waals surface area contributed by atoms with Crippen LogP contribution in [0.15, 0.2) is 0 Å². The third kappa shape index (κ3) is 5.04. The van der Waals surface area contributed by atoms with E-state index in [0.717, 1.165) is 0 Å². The summed E-state index contributed by atoms with van der Waals surface area (Å²) in [7, 11) is -1.93. The van der Waals surface area contributed by atoms with Crippen molar-refractivity contribution in [3.8, 4) is 0 Å². The molecule has 1 rings (SSSR count). The molecule has 5 nitrogen and oxygen atoms in total. The molecule has 0 N–H and O–H groups in total. The summed E-state index contributed by atoms with van der Waals surface area (Å²) >= 11 is 0. The Kier molecular flexibility index (Phi) is 5.74. The third-order valence-electron chi connectivity index (χ3n) is 4.77. The van der Waals surface area contributed by atoms with Gasteiger partial charge in [-0.2, -0.15) is 0 Å². The molecule has 134 valence electrons. The maximum absolute atomic E-state index is 12.4. The van der Waals surface area contributed by atoms with Gasteiger partial charge in [0.2, 0.25) is 5.91 Å². The van der Waals surface area contributed by atoms with Crippen molar-refractivity contribution in [2.24, 2.45) is 5.92 Å². The molecule has 1 heterocycles. The normalized spacial score (nSPS) is 23.3. The van der Waals surface area contributed by atoms with Crippen molar-refractivity contribution in [2.45, 2.75) is 84.7 Å². The van der Waals surface area contributed by atoms with Crippen LogP contribution in [0.4, 0.5) is 4.79 Å². The van der Waals surface area contributed by atoms with Crippen molar-refractivity contribution in [1.29, 1.82) is 0 Å². The molecule has 0 aromatic heterocycles. The Hall–Kier alpha value is -0.883. The van der Waals surface area contributed by atoms with E-state index in [4.69, 9.17) is 9.16 Å². The van der Waals surface area contributed by atoms with Gasteiger partial charge in [0.1, 0.15) is 5.60 Å². The molecular formula is C17H33NO4Si. The number of nitrogens with zero attached hydrogens (tertiary/aromatic N) is 1. The van der Waals surface area contributed by atoms with Crippen molar-refractivity contribution < 1.29 is 18.8 Å². The van der Waals surface area contributed by atoms with E-state index in [9.17, 15) is 9.59 Å². The fraction of sp³-hybridized carbons (Fsp3) is 0.882. The van der Waals surface area contributed by atoms with E-state index in [1.54, 1.807) is 20.8 Å². The summed E-state index contributed by atoms with van der Waals surface area (Å²) in [5.74, 6) is -0.0876. The third-order valence-corrected chi connectivity index (χ3v) is 9.27. The number of carbonyl (C=O) groups excluding carboxylic acids is 2. The van der Waals surface area contributed by atoms with Crippen LogP contribution < -0.4 is 0 Å². The minimum atomic E-state index is -1.93. The van der Waals surface area contributed by atoms with Crippen molar-refractivity contribution in [3.63, 3.8) is 0 Å². The van der Waals surface area contributed by atoms with E-state index in [1.807, 2.05) is 6.92 Å². The average molecular weight is 344 g/mol. The van der Waals surface area contributed by atoms with Crippen molar-refractivity contribution in [1.82, 2.24) is 4.90 Å². The van der Waals surface area contributed by atoms with Gasteiger partial charge in [-0.1, -0.05) is 27.7 Å². The molecule has 2 amide bonds. The molecule has 2 unspecified atom stereocenters. The highest BCUT2D eigenvalue weighted by atomic mass is 28.4. The van der Waals surface area contributed by atoms with E-state index in [2.05, 4.69) is 33.9 Å². The molecule has 0 bridgehead atoms. The Balaban J connectivity index is 2.86. The van der Waals surface area contributed by atoms with Gasteiger partial charge in [-0.3, -0.25) is 4.79 Å². The Morgan fingerprint density at radius 3 is 2.17 bits per heavy atom. The molecule has 0 aliphatic carbocycles. The molecule has 0 saturated carbocycles. The highest BCUT2D eigenvalue weighted by Crippen LogP contribution is 2.37. The zero-order valence-corrected chi connectivity index (χ0v) is 17.1. The predicted molar refractivity (Wildman–Crippen MR) is 93.8 cm³/mol. The second-order valence-electron chi connectivity index (χ2n) is 9.06. The molecule has 6 heteroatoms. The number of imide groups is 1. The minimum Gasteiger partial charge on any atom is -0.443 e. The van der Waals surface area contributed by atoms with Crippen LogP contribution in [0.25, 0.3) is 0 Å².